The fourth-order valence-electron chi connectivity index (χ4n) is 3.30. The van der Waals surface area contributed by atoms with Crippen LogP contribution >= 0.6 is 11.3 Å². The average Bonchev–Trinajstić information content (AvgIpc) is 3.14. The van der Waals surface area contributed by atoms with Crippen molar-refractivity contribution in [2.45, 2.75) is 27.7 Å². The van der Waals surface area contributed by atoms with Crippen molar-refractivity contribution in [3.8, 4) is 17.2 Å². The third kappa shape index (κ3) is 5.39. The number of amides is 2. The second kappa shape index (κ2) is 11.6. The van der Waals surface area contributed by atoms with Crippen molar-refractivity contribution in [1.82, 2.24) is 4.90 Å². The van der Waals surface area contributed by atoms with E-state index in [1.54, 1.807) is 18.7 Å². The number of hydrogen-bond donors (Lipinski definition) is 1. The number of carbonyl (C=O) groups excluding carboxylic acids is 3. The minimum atomic E-state index is -0.606. The van der Waals surface area contributed by atoms with Gasteiger partial charge in [-0.05, 0) is 45.4 Å². The van der Waals surface area contributed by atoms with Gasteiger partial charge in [-0.15, -0.1) is 11.3 Å². The first-order valence-corrected chi connectivity index (χ1v) is 11.3. The summed E-state index contributed by atoms with van der Waals surface area (Å²) in [6, 6.07) is 3.01. The van der Waals surface area contributed by atoms with Gasteiger partial charge < -0.3 is 29.2 Å². The van der Waals surface area contributed by atoms with Crippen LogP contribution in [0.2, 0.25) is 0 Å². The molecule has 0 spiro atoms. The second-order valence-electron chi connectivity index (χ2n) is 6.83. The van der Waals surface area contributed by atoms with E-state index in [4.69, 9.17) is 18.9 Å². The van der Waals surface area contributed by atoms with E-state index in [0.717, 1.165) is 11.3 Å². The van der Waals surface area contributed by atoms with E-state index in [2.05, 4.69) is 5.32 Å². The van der Waals surface area contributed by atoms with Crippen LogP contribution in [0.3, 0.4) is 0 Å². The van der Waals surface area contributed by atoms with Crippen molar-refractivity contribution >= 4 is 34.1 Å². The van der Waals surface area contributed by atoms with E-state index in [1.807, 2.05) is 13.8 Å². The lowest BCUT2D eigenvalue weighted by Gasteiger charge is -2.18. The van der Waals surface area contributed by atoms with E-state index < -0.39 is 11.9 Å². The van der Waals surface area contributed by atoms with Gasteiger partial charge in [0.05, 0.1) is 38.4 Å². The summed E-state index contributed by atoms with van der Waals surface area (Å²) in [4.78, 5) is 40.8. The predicted molar refractivity (Wildman–Crippen MR) is 126 cm³/mol. The van der Waals surface area contributed by atoms with Gasteiger partial charge in [0.1, 0.15) is 5.00 Å². The molecule has 0 radical (unpaired) electrons. The average molecular weight is 479 g/mol. The number of methoxy groups -OCH3 is 3. The molecule has 1 aromatic carbocycles. The lowest BCUT2D eigenvalue weighted by molar-refractivity contribution is 0.0527. The van der Waals surface area contributed by atoms with Gasteiger partial charge in [0, 0.05) is 18.7 Å². The minimum absolute atomic E-state index is 0.160. The lowest BCUT2D eigenvalue weighted by Crippen LogP contribution is -2.30. The molecule has 180 valence electrons. The molecule has 2 rings (SSSR count). The maximum atomic E-state index is 13.1. The van der Waals surface area contributed by atoms with Crippen LogP contribution < -0.4 is 19.5 Å². The summed E-state index contributed by atoms with van der Waals surface area (Å²) < 4.78 is 21.1. The largest absolute Gasteiger partial charge is 0.493 e. The molecule has 9 nitrogen and oxygen atoms in total. The number of esters is 1. The summed E-state index contributed by atoms with van der Waals surface area (Å²) in [6.45, 7) is 8.33. The molecular formula is C23H30N2O7S. The number of ether oxygens (including phenoxy) is 4. The molecule has 0 saturated heterocycles. The summed E-state index contributed by atoms with van der Waals surface area (Å²) in [5.41, 5.74) is 0.857. The Bertz CT molecular complexity index is 1000. The first-order valence-electron chi connectivity index (χ1n) is 10.5. The van der Waals surface area contributed by atoms with Gasteiger partial charge in [-0.2, -0.15) is 0 Å². The number of rotatable bonds is 10. The molecular weight excluding hydrogens is 448 g/mol. The van der Waals surface area contributed by atoms with Crippen LogP contribution in [0.15, 0.2) is 12.1 Å². The molecule has 0 aliphatic carbocycles. The molecule has 0 atom stereocenters. The molecule has 0 bridgehead atoms. The zero-order valence-electron chi connectivity index (χ0n) is 20.0. The third-order valence-electron chi connectivity index (χ3n) is 5.03. The van der Waals surface area contributed by atoms with Crippen LogP contribution in [0.5, 0.6) is 17.2 Å². The van der Waals surface area contributed by atoms with Gasteiger partial charge in [0.2, 0.25) is 5.75 Å². The molecule has 1 N–H and O–H groups in total. The Morgan fingerprint density at radius 2 is 1.55 bits per heavy atom. The van der Waals surface area contributed by atoms with Crippen molar-refractivity contribution in [3.63, 3.8) is 0 Å². The van der Waals surface area contributed by atoms with Gasteiger partial charge in [-0.1, -0.05) is 0 Å². The number of nitrogens with zero attached hydrogens (tertiary/aromatic N) is 1. The number of nitrogens with one attached hydrogen (secondary N) is 1. The monoisotopic (exact) mass is 478 g/mol. The van der Waals surface area contributed by atoms with Gasteiger partial charge in [-0.25, -0.2) is 4.79 Å². The normalized spacial score (nSPS) is 10.4. The van der Waals surface area contributed by atoms with Crippen molar-refractivity contribution in [3.05, 3.63) is 33.7 Å². The molecule has 10 heteroatoms. The summed E-state index contributed by atoms with van der Waals surface area (Å²) in [7, 11) is 4.37. The van der Waals surface area contributed by atoms with Crippen molar-refractivity contribution in [1.29, 1.82) is 0 Å². The Labute approximate surface area is 197 Å². The second-order valence-corrected chi connectivity index (χ2v) is 7.85. The fraction of sp³-hybridized carbons (Fsp3) is 0.435. The Kier molecular flexibility index (Phi) is 9.10. The molecule has 0 unspecified atom stereocenters. The van der Waals surface area contributed by atoms with Crippen LogP contribution in [0.25, 0.3) is 0 Å². The zero-order valence-corrected chi connectivity index (χ0v) is 20.8. The number of benzene rings is 1. The van der Waals surface area contributed by atoms with E-state index in [0.29, 0.717) is 40.8 Å². The van der Waals surface area contributed by atoms with Crippen LogP contribution in [-0.2, 0) is 4.74 Å². The summed E-state index contributed by atoms with van der Waals surface area (Å²) in [5, 5.41) is 2.99. The molecule has 2 amide bonds. The summed E-state index contributed by atoms with van der Waals surface area (Å²) >= 11 is 1.05. The molecule has 0 aliphatic rings. The first-order chi connectivity index (χ1) is 15.8. The summed E-state index contributed by atoms with van der Waals surface area (Å²) in [5.74, 6) is -0.350. The van der Waals surface area contributed by atoms with E-state index in [-0.39, 0.29) is 28.6 Å². The molecule has 1 heterocycles. The lowest BCUT2D eigenvalue weighted by atomic mass is 10.1. The first kappa shape index (κ1) is 26.0. The number of thiophene rings is 1. The highest BCUT2D eigenvalue weighted by atomic mass is 32.1. The maximum Gasteiger partial charge on any atom is 0.341 e. The smallest absolute Gasteiger partial charge is 0.341 e. The van der Waals surface area contributed by atoms with Gasteiger partial charge in [-0.3, -0.25) is 9.59 Å². The number of carbonyl (C=O) groups is 3. The van der Waals surface area contributed by atoms with Gasteiger partial charge >= 0.3 is 5.97 Å². The molecule has 33 heavy (non-hydrogen) atoms. The molecule has 1 aromatic heterocycles. The van der Waals surface area contributed by atoms with E-state index in [9.17, 15) is 14.4 Å². The third-order valence-corrected chi connectivity index (χ3v) is 6.22. The highest BCUT2D eigenvalue weighted by Crippen LogP contribution is 2.39. The van der Waals surface area contributed by atoms with Gasteiger partial charge in [0.25, 0.3) is 11.8 Å². The minimum Gasteiger partial charge on any atom is -0.493 e. The van der Waals surface area contributed by atoms with E-state index >= 15 is 0 Å². The summed E-state index contributed by atoms with van der Waals surface area (Å²) in [6.07, 6.45) is 0. The Morgan fingerprint density at radius 1 is 0.970 bits per heavy atom. The maximum absolute atomic E-state index is 13.1. The van der Waals surface area contributed by atoms with Crippen LogP contribution in [0.4, 0.5) is 5.00 Å². The Morgan fingerprint density at radius 3 is 2.00 bits per heavy atom. The predicted octanol–water partition coefficient (Wildman–Crippen LogP) is 3.99. The highest BCUT2D eigenvalue weighted by Gasteiger charge is 2.29. The molecule has 0 saturated carbocycles. The Balaban J connectivity index is 2.53. The quantitative estimate of drug-likeness (QED) is 0.515. The Hall–Kier alpha value is -3.27. The van der Waals surface area contributed by atoms with Crippen molar-refractivity contribution in [2.75, 3.05) is 46.3 Å². The van der Waals surface area contributed by atoms with Crippen molar-refractivity contribution < 1.29 is 33.3 Å². The fourth-order valence-corrected chi connectivity index (χ4v) is 4.45. The zero-order chi connectivity index (χ0) is 24.7. The van der Waals surface area contributed by atoms with E-state index in [1.165, 1.54) is 33.5 Å². The number of anilines is 1. The standard InChI is InChI=1S/C23H30N2O7S/c1-8-25(9-2)22(27)19-13(4)17(23(28)32-10-3)21(33-19)24-20(26)14-11-15(29-5)18(31-7)16(12-14)30-6/h11-12H,8-10H2,1-7H3,(H,24,26). The topological polar surface area (TPSA) is 103 Å². The van der Waals surface area contributed by atoms with Crippen LogP contribution in [0, 0.1) is 6.92 Å². The molecule has 0 aliphatic heterocycles. The molecule has 2 aromatic rings. The van der Waals surface area contributed by atoms with Crippen LogP contribution in [-0.4, -0.2) is 63.7 Å². The highest BCUT2D eigenvalue weighted by molar-refractivity contribution is 7.18. The number of hydrogen-bond acceptors (Lipinski definition) is 8. The van der Waals surface area contributed by atoms with Crippen molar-refractivity contribution in [2.24, 2.45) is 0 Å². The van der Waals surface area contributed by atoms with Gasteiger partial charge in [0.15, 0.2) is 11.5 Å². The SMILES string of the molecule is CCOC(=O)c1c(NC(=O)c2cc(OC)c(OC)c(OC)c2)sc(C(=O)N(CC)CC)c1C. The molecule has 0 fully saturated rings. The van der Waals surface area contributed by atoms with Crippen LogP contribution in [0.1, 0.15) is 56.7 Å².